The first-order valence-electron chi connectivity index (χ1n) is 15.4. The van der Waals surface area contributed by atoms with Crippen LogP contribution in [0.1, 0.15) is 23.1 Å². The largest absolute Gasteiger partial charge is 0.480 e. The van der Waals surface area contributed by atoms with Crippen LogP contribution in [0.4, 0.5) is 0 Å². The van der Waals surface area contributed by atoms with Gasteiger partial charge >= 0.3 is 23.9 Å². The van der Waals surface area contributed by atoms with Gasteiger partial charge in [0, 0.05) is 32.7 Å². The Morgan fingerprint density at radius 1 is 0.633 bits per heavy atom. The molecule has 0 bridgehead atoms. The highest BCUT2D eigenvalue weighted by atomic mass is 16.6. The number of hydroxylamine groups is 1. The molecule has 8 N–H and O–H groups in total. The quantitative estimate of drug-likeness (QED) is 0.0622. The molecule has 17 nitrogen and oxygen atoms in total. The number of aliphatic carboxylic acids is 4. The van der Waals surface area contributed by atoms with Crippen LogP contribution in [-0.2, 0) is 53.2 Å². The van der Waals surface area contributed by atoms with Crippen molar-refractivity contribution in [2.24, 2.45) is 5.73 Å². The lowest BCUT2D eigenvalue weighted by atomic mass is 10.1. The van der Waals surface area contributed by atoms with Gasteiger partial charge in [-0.25, -0.2) is 5.48 Å². The van der Waals surface area contributed by atoms with Crippen molar-refractivity contribution in [1.82, 2.24) is 25.5 Å². The van der Waals surface area contributed by atoms with E-state index >= 15 is 0 Å². The molecule has 268 valence electrons. The van der Waals surface area contributed by atoms with E-state index in [0.717, 1.165) is 16.7 Å². The fourth-order valence-corrected chi connectivity index (χ4v) is 4.61. The van der Waals surface area contributed by atoms with Gasteiger partial charge in [-0.3, -0.25) is 48.3 Å². The first-order valence-corrected chi connectivity index (χ1v) is 15.4. The molecule has 0 heterocycles. The third-order valence-electron chi connectivity index (χ3n) is 7.12. The van der Waals surface area contributed by atoms with Crippen molar-refractivity contribution in [2.45, 2.75) is 32.0 Å². The molecule has 49 heavy (non-hydrogen) atoms. The smallest absolute Gasteiger partial charge is 0.317 e. The molecule has 2 amide bonds. The van der Waals surface area contributed by atoms with E-state index in [1.54, 1.807) is 29.2 Å². The zero-order valence-corrected chi connectivity index (χ0v) is 27.0. The Balaban J connectivity index is 1.88. The zero-order chi connectivity index (χ0) is 36.2. The second-order valence-corrected chi connectivity index (χ2v) is 11.3. The number of carbonyl (C=O) groups is 6. The molecule has 2 aromatic rings. The predicted molar refractivity (Wildman–Crippen MR) is 174 cm³/mol. The second kappa shape index (κ2) is 21.8. The Morgan fingerprint density at radius 3 is 1.59 bits per heavy atom. The minimum atomic E-state index is -1.24. The van der Waals surface area contributed by atoms with Crippen LogP contribution in [0.5, 0.6) is 0 Å². The molecule has 0 spiro atoms. The van der Waals surface area contributed by atoms with Crippen molar-refractivity contribution in [1.29, 1.82) is 0 Å². The number of nitrogens with zero attached hydrogens (tertiary/aromatic N) is 3. The highest BCUT2D eigenvalue weighted by Crippen LogP contribution is 2.07. The molecule has 2 rings (SSSR count). The third kappa shape index (κ3) is 18.3. The van der Waals surface area contributed by atoms with Crippen molar-refractivity contribution in [3.8, 4) is 0 Å². The summed E-state index contributed by atoms with van der Waals surface area (Å²) < 4.78 is 0. The Kier molecular flexibility index (Phi) is 17.9. The number of carbonyl (C=O) groups excluding carboxylic acids is 2. The van der Waals surface area contributed by atoms with Gasteiger partial charge in [0.05, 0.1) is 45.4 Å². The van der Waals surface area contributed by atoms with E-state index < -0.39 is 67.9 Å². The summed E-state index contributed by atoms with van der Waals surface area (Å²) in [5.74, 6) is -5.80. The number of aryl methyl sites for hydroxylation is 1. The van der Waals surface area contributed by atoms with Crippen LogP contribution in [0.2, 0.25) is 0 Å². The summed E-state index contributed by atoms with van der Waals surface area (Å²) in [7, 11) is 0. The summed E-state index contributed by atoms with van der Waals surface area (Å²) in [6, 6.07) is 16.0. The van der Waals surface area contributed by atoms with Crippen LogP contribution in [0.25, 0.3) is 0 Å². The van der Waals surface area contributed by atoms with Gasteiger partial charge in [0.1, 0.15) is 0 Å². The lowest BCUT2D eigenvalue weighted by Gasteiger charge is -2.28. The highest BCUT2D eigenvalue weighted by molar-refractivity contribution is 5.80. The molecule has 0 saturated heterocycles. The number of rotatable bonds is 25. The van der Waals surface area contributed by atoms with Crippen LogP contribution in [0.15, 0.2) is 54.6 Å². The number of amides is 2. The number of carboxylic acid groups (broad SMARTS) is 4. The van der Waals surface area contributed by atoms with Gasteiger partial charge in [0.2, 0.25) is 5.91 Å². The van der Waals surface area contributed by atoms with E-state index in [1.165, 1.54) is 9.80 Å². The molecule has 0 radical (unpaired) electrons. The zero-order valence-electron chi connectivity index (χ0n) is 27.0. The minimum Gasteiger partial charge on any atom is -0.480 e. The summed E-state index contributed by atoms with van der Waals surface area (Å²) in [6.45, 7) is -2.15. The topological polar surface area (TPSA) is 252 Å². The van der Waals surface area contributed by atoms with E-state index in [9.17, 15) is 28.8 Å². The van der Waals surface area contributed by atoms with Crippen LogP contribution < -0.4 is 16.5 Å². The average Bonchev–Trinajstić information content (AvgIpc) is 3.03. The molecule has 0 saturated carbocycles. The molecule has 2 aromatic carbocycles. The number of nitrogens with one attached hydrogen (secondary N) is 2. The first kappa shape index (κ1) is 40.2. The molecule has 0 aromatic heterocycles. The Morgan fingerprint density at radius 2 is 1.10 bits per heavy atom. The maximum absolute atomic E-state index is 12.9. The lowest BCUT2D eigenvalue weighted by Crippen LogP contribution is -2.47. The van der Waals surface area contributed by atoms with Crippen molar-refractivity contribution < 1.29 is 54.0 Å². The number of hydrogen-bond acceptors (Lipinski definition) is 11. The number of nitrogens with two attached hydrogens (primary N) is 1. The molecular formula is C32H44N6O11. The van der Waals surface area contributed by atoms with E-state index in [-0.39, 0.29) is 45.9 Å². The average molecular weight is 689 g/mol. The second-order valence-electron chi connectivity index (χ2n) is 11.3. The predicted octanol–water partition coefficient (Wildman–Crippen LogP) is -0.945. The van der Waals surface area contributed by atoms with Gasteiger partial charge in [-0.05, 0) is 29.5 Å². The van der Waals surface area contributed by atoms with E-state index in [1.807, 2.05) is 30.3 Å². The molecule has 0 fully saturated rings. The third-order valence-corrected chi connectivity index (χ3v) is 7.12. The fourth-order valence-electron chi connectivity index (χ4n) is 4.61. The van der Waals surface area contributed by atoms with Crippen LogP contribution in [0, 0.1) is 0 Å². The number of carboxylic acids is 4. The van der Waals surface area contributed by atoms with Crippen LogP contribution in [-0.4, -0.2) is 136 Å². The number of benzene rings is 2. The first-order chi connectivity index (χ1) is 23.3. The molecule has 0 unspecified atom stereocenters. The maximum Gasteiger partial charge on any atom is 0.317 e. The molecule has 1 atom stereocenters. The van der Waals surface area contributed by atoms with Crippen molar-refractivity contribution >= 4 is 35.7 Å². The van der Waals surface area contributed by atoms with E-state index in [0.29, 0.717) is 12.8 Å². The van der Waals surface area contributed by atoms with E-state index in [4.69, 9.17) is 31.0 Å². The summed E-state index contributed by atoms with van der Waals surface area (Å²) in [6.07, 6.45) is 1.11. The van der Waals surface area contributed by atoms with Gasteiger partial charge < -0.3 is 31.5 Å². The SMILES string of the molecule is N[C@H](CCc1ccccc1)C(=O)NOCc1ccc(CNC(=O)CN(CCN(CC(=O)O)CC(=O)O)CCN(CC(=O)O)CC(=O)O)cc1. The summed E-state index contributed by atoms with van der Waals surface area (Å²) in [5.41, 5.74) is 10.9. The fraction of sp³-hybridized carbons (Fsp3) is 0.438. The van der Waals surface area contributed by atoms with Gasteiger partial charge in [-0.2, -0.15) is 0 Å². The monoisotopic (exact) mass is 688 g/mol. The molecular weight excluding hydrogens is 644 g/mol. The normalized spacial score (nSPS) is 11.8. The molecule has 17 heteroatoms. The van der Waals surface area contributed by atoms with Crippen molar-refractivity contribution in [2.75, 3.05) is 58.9 Å². The van der Waals surface area contributed by atoms with Crippen LogP contribution in [0.3, 0.4) is 0 Å². The highest BCUT2D eigenvalue weighted by Gasteiger charge is 2.20. The molecule has 0 aliphatic rings. The van der Waals surface area contributed by atoms with Crippen LogP contribution >= 0.6 is 0 Å². The standard InChI is InChI=1S/C32H44N6O11/c33-26(11-10-23-4-2-1-3-5-23)32(48)35-49-22-25-8-6-24(7-9-25)16-34-27(39)17-36(12-14-37(18-28(40)41)19-29(42)43)13-15-38(20-30(44)45)21-31(46)47/h1-9,26H,10-22,33H2,(H,34,39)(H,35,48)(H,40,41)(H,42,43)(H,44,45)(H,46,47)/t26-/m1/s1. The molecule has 0 aliphatic carbocycles. The Hall–Kier alpha value is -4.94. The van der Waals surface area contributed by atoms with Crippen molar-refractivity contribution in [3.05, 3.63) is 71.3 Å². The minimum absolute atomic E-state index is 0.0344. The maximum atomic E-state index is 12.9. The van der Waals surface area contributed by atoms with Gasteiger partial charge in [0.25, 0.3) is 5.91 Å². The van der Waals surface area contributed by atoms with Crippen molar-refractivity contribution in [3.63, 3.8) is 0 Å². The lowest BCUT2D eigenvalue weighted by molar-refractivity contribution is -0.143. The molecule has 0 aliphatic heterocycles. The number of hydrogen-bond donors (Lipinski definition) is 7. The Bertz CT molecular complexity index is 1310. The summed E-state index contributed by atoms with van der Waals surface area (Å²) in [4.78, 5) is 79.0. The Labute approximate surface area is 283 Å². The van der Waals surface area contributed by atoms with E-state index in [2.05, 4.69) is 10.8 Å². The summed E-state index contributed by atoms with van der Waals surface area (Å²) in [5, 5.41) is 39.3. The van der Waals surface area contributed by atoms with Gasteiger partial charge in [-0.15, -0.1) is 0 Å². The summed E-state index contributed by atoms with van der Waals surface area (Å²) >= 11 is 0. The van der Waals surface area contributed by atoms with Gasteiger partial charge in [0.15, 0.2) is 0 Å². The van der Waals surface area contributed by atoms with Gasteiger partial charge in [-0.1, -0.05) is 54.6 Å².